The average Bonchev–Trinajstić information content (AvgIpc) is 2.37. The molecule has 19 heavy (non-hydrogen) atoms. The molecule has 0 aromatic heterocycles. The second-order valence-electron chi connectivity index (χ2n) is 6.40. The van der Waals surface area contributed by atoms with Crippen molar-refractivity contribution in [2.45, 2.75) is 51.7 Å². The van der Waals surface area contributed by atoms with E-state index in [2.05, 4.69) is 31.0 Å². The highest BCUT2D eigenvalue weighted by molar-refractivity contribution is 5.17. The van der Waals surface area contributed by atoms with Crippen LogP contribution in [0.5, 0.6) is 0 Å². The Hall–Kier alpha value is -0.930. The lowest BCUT2D eigenvalue weighted by atomic mass is 9.98. The largest absolute Gasteiger partial charge is 0.310 e. The molecular weight excluding hydrogens is 239 g/mol. The quantitative estimate of drug-likeness (QED) is 0.902. The minimum atomic E-state index is -0.109. The Morgan fingerprint density at radius 1 is 1.21 bits per heavy atom. The first-order valence-electron chi connectivity index (χ1n) is 7.18. The smallest absolute Gasteiger partial charge is 0.127 e. The molecule has 1 aliphatic rings. The molecule has 0 aliphatic carbocycles. The number of piperidine rings is 1. The van der Waals surface area contributed by atoms with E-state index in [1.165, 1.54) is 6.07 Å². The van der Waals surface area contributed by atoms with Crippen LogP contribution in [0.1, 0.15) is 39.2 Å². The third-order valence-corrected chi connectivity index (χ3v) is 3.98. The molecule has 0 saturated carbocycles. The zero-order valence-corrected chi connectivity index (χ0v) is 12.2. The molecule has 0 unspecified atom stereocenters. The molecule has 0 radical (unpaired) electrons. The predicted molar refractivity (Wildman–Crippen MR) is 77.6 cm³/mol. The van der Waals surface area contributed by atoms with Crippen molar-refractivity contribution in [2.24, 2.45) is 0 Å². The number of likely N-dealkylation sites (tertiary alicyclic amines) is 1. The summed E-state index contributed by atoms with van der Waals surface area (Å²) in [5.74, 6) is -0.109. The molecule has 0 spiro atoms. The fraction of sp³-hybridized carbons (Fsp3) is 0.625. The zero-order valence-electron chi connectivity index (χ0n) is 12.2. The normalized spacial score (nSPS) is 18.7. The first kappa shape index (κ1) is 14.5. The molecule has 1 aromatic carbocycles. The predicted octanol–water partition coefficient (Wildman–Crippen LogP) is 3.18. The first-order valence-corrected chi connectivity index (χ1v) is 7.18. The van der Waals surface area contributed by atoms with Gasteiger partial charge in [0.15, 0.2) is 0 Å². The van der Waals surface area contributed by atoms with Crippen LogP contribution in [0.3, 0.4) is 0 Å². The highest BCUT2D eigenvalue weighted by Crippen LogP contribution is 2.20. The van der Waals surface area contributed by atoms with Gasteiger partial charge in [0.2, 0.25) is 0 Å². The Morgan fingerprint density at radius 2 is 1.84 bits per heavy atom. The first-order chi connectivity index (χ1) is 8.97. The number of hydrogen-bond acceptors (Lipinski definition) is 2. The van der Waals surface area contributed by atoms with Crippen molar-refractivity contribution in [1.29, 1.82) is 0 Å². The van der Waals surface area contributed by atoms with Crippen LogP contribution in [0.25, 0.3) is 0 Å². The van der Waals surface area contributed by atoms with Gasteiger partial charge in [-0.05, 0) is 39.7 Å². The second kappa shape index (κ2) is 6.02. The zero-order chi connectivity index (χ0) is 13.9. The van der Waals surface area contributed by atoms with Gasteiger partial charge in [0, 0.05) is 36.8 Å². The molecule has 1 fully saturated rings. The maximum absolute atomic E-state index is 13.5. The third kappa shape index (κ3) is 4.02. The summed E-state index contributed by atoms with van der Waals surface area (Å²) < 4.78 is 13.5. The number of nitrogens with one attached hydrogen (secondary N) is 1. The number of halogens is 1. The summed E-state index contributed by atoms with van der Waals surface area (Å²) in [6.07, 6.45) is 2.29. The molecule has 1 heterocycles. The van der Waals surface area contributed by atoms with Gasteiger partial charge in [-0.25, -0.2) is 4.39 Å². The van der Waals surface area contributed by atoms with Crippen molar-refractivity contribution in [1.82, 2.24) is 10.2 Å². The van der Waals surface area contributed by atoms with Crippen molar-refractivity contribution in [3.8, 4) is 0 Å². The summed E-state index contributed by atoms with van der Waals surface area (Å²) in [5, 5.41) is 3.48. The lowest BCUT2D eigenvalue weighted by molar-refractivity contribution is 0.0959. The van der Waals surface area contributed by atoms with Gasteiger partial charge in [0.25, 0.3) is 0 Å². The fourth-order valence-corrected chi connectivity index (χ4v) is 2.65. The maximum Gasteiger partial charge on any atom is 0.127 e. The molecule has 3 heteroatoms. The number of rotatable bonds is 3. The summed E-state index contributed by atoms with van der Waals surface area (Å²) in [6.45, 7) is 9.67. The number of benzene rings is 1. The van der Waals surface area contributed by atoms with Crippen molar-refractivity contribution >= 4 is 0 Å². The number of hydrogen-bond donors (Lipinski definition) is 1. The standard InChI is InChI=1S/C16H25FN2/c1-16(2,3)19-10-8-14(9-11-19)18-12-13-6-4-5-7-15(13)17/h4-7,14,18H,8-12H2,1-3H3. The van der Waals surface area contributed by atoms with E-state index >= 15 is 0 Å². The van der Waals surface area contributed by atoms with Gasteiger partial charge >= 0.3 is 0 Å². The second-order valence-corrected chi connectivity index (χ2v) is 6.40. The van der Waals surface area contributed by atoms with Crippen LogP contribution in [-0.4, -0.2) is 29.6 Å². The van der Waals surface area contributed by atoms with E-state index in [1.807, 2.05) is 12.1 Å². The van der Waals surface area contributed by atoms with Crippen LogP contribution < -0.4 is 5.32 Å². The summed E-state index contributed by atoms with van der Waals surface area (Å²) in [6, 6.07) is 7.52. The van der Waals surface area contributed by atoms with Gasteiger partial charge in [0.1, 0.15) is 5.82 Å². The van der Waals surface area contributed by atoms with Crippen LogP contribution in [0.4, 0.5) is 4.39 Å². The Morgan fingerprint density at radius 3 is 2.42 bits per heavy atom. The van der Waals surface area contributed by atoms with Gasteiger partial charge in [-0.2, -0.15) is 0 Å². The molecular formula is C16H25FN2. The lowest BCUT2D eigenvalue weighted by Gasteiger charge is -2.41. The van der Waals surface area contributed by atoms with Crippen molar-refractivity contribution in [2.75, 3.05) is 13.1 Å². The van der Waals surface area contributed by atoms with E-state index in [1.54, 1.807) is 6.07 Å². The SMILES string of the molecule is CC(C)(C)N1CCC(NCc2ccccc2F)CC1. The minimum absolute atomic E-state index is 0.109. The summed E-state index contributed by atoms with van der Waals surface area (Å²) in [7, 11) is 0. The average molecular weight is 264 g/mol. The molecule has 2 rings (SSSR count). The molecule has 1 aromatic rings. The van der Waals surface area contributed by atoms with E-state index in [0.29, 0.717) is 12.6 Å². The van der Waals surface area contributed by atoms with Gasteiger partial charge in [0.05, 0.1) is 0 Å². The molecule has 0 amide bonds. The Kier molecular flexibility index (Phi) is 4.58. The van der Waals surface area contributed by atoms with Gasteiger partial charge < -0.3 is 5.32 Å². The number of nitrogens with zero attached hydrogens (tertiary/aromatic N) is 1. The molecule has 1 aliphatic heterocycles. The monoisotopic (exact) mass is 264 g/mol. The Bertz CT molecular complexity index is 403. The topological polar surface area (TPSA) is 15.3 Å². The lowest BCUT2D eigenvalue weighted by Crippen LogP contribution is -2.49. The van der Waals surface area contributed by atoms with E-state index in [0.717, 1.165) is 31.5 Å². The van der Waals surface area contributed by atoms with Crippen LogP contribution in [0.15, 0.2) is 24.3 Å². The Balaban J connectivity index is 1.79. The molecule has 106 valence electrons. The van der Waals surface area contributed by atoms with Crippen LogP contribution in [0, 0.1) is 5.82 Å². The van der Waals surface area contributed by atoms with E-state index < -0.39 is 0 Å². The fourth-order valence-electron chi connectivity index (χ4n) is 2.65. The maximum atomic E-state index is 13.5. The van der Waals surface area contributed by atoms with Gasteiger partial charge in [-0.1, -0.05) is 18.2 Å². The van der Waals surface area contributed by atoms with Gasteiger partial charge in [-0.15, -0.1) is 0 Å². The molecule has 1 N–H and O–H groups in total. The van der Waals surface area contributed by atoms with E-state index in [4.69, 9.17) is 0 Å². The summed E-state index contributed by atoms with van der Waals surface area (Å²) in [4.78, 5) is 2.52. The Labute approximate surface area is 116 Å². The van der Waals surface area contributed by atoms with Crippen LogP contribution in [-0.2, 0) is 6.54 Å². The van der Waals surface area contributed by atoms with E-state index in [-0.39, 0.29) is 11.4 Å². The van der Waals surface area contributed by atoms with Gasteiger partial charge in [-0.3, -0.25) is 4.90 Å². The minimum Gasteiger partial charge on any atom is -0.310 e. The molecule has 0 bridgehead atoms. The van der Waals surface area contributed by atoms with E-state index in [9.17, 15) is 4.39 Å². The van der Waals surface area contributed by atoms with Crippen LogP contribution in [0.2, 0.25) is 0 Å². The summed E-state index contributed by atoms with van der Waals surface area (Å²) in [5.41, 5.74) is 1.03. The highest BCUT2D eigenvalue weighted by atomic mass is 19.1. The molecule has 0 atom stereocenters. The molecule has 1 saturated heterocycles. The van der Waals surface area contributed by atoms with Crippen molar-refractivity contribution in [3.63, 3.8) is 0 Å². The third-order valence-electron chi connectivity index (χ3n) is 3.98. The van der Waals surface area contributed by atoms with Crippen LogP contribution >= 0.6 is 0 Å². The molecule has 2 nitrogen and oxygen atoms in total. The highest BCUT2D eigenvalue weighted by Gasteiger charge is 2.26. The van der Waals surface area contributed by atoms with Crippen molar-refractivity contribution < 1.29 is 4.39 Å². The summed E-state index contributed by atoms with van der Waals surface area (Å²) >= 11 is 0. The van der Waals surface area contributed by atoms with Crippen molar-refractivity contribution in [3.05, 3.63) is 35.6 Å².